The van der Waals surface area contributed by atoms with Crippen LogP contribution in [-0.4, -0.2) is 28.3 Å². The highest BCUT2D eigenvalue weighted by molar-refractivity contribution is 4.96. The van der Waals surface area contributed by atoms with Crippen LogP contribution in [0.3, 0.4) is 0 Å². The quantitative estimate of drug-likeness (QED) is 0.842. The zero-order valence-electron chi connectivity index (χ0n) is 11.7. The Labute approximate surface area is 110 Å². The molecule has 1 aliphatic rings. The molecule has 0 aliphatic carbocycles. The summed E-state index contributed by atoms with van der Waals surface area (Å²) in [5.41, 5.74) is 1.11. The molecule has 0 aromatic carbocycles. The molecule has 2 heterocycles. The molecule has 2 rings (SSSR count). The highest BCUT2D eigenvalue weighted by atomic mass is 16.5. The third-order valence-corrected chi connectivity index (χ3v) is 3.28. The molecule has 0 saturated carbocycles. The van der Waals surface area contributed by atoms with Gasteiger partial charge in [-0.1, -0.05) is 13.8 Å². The van der Waals surface area contributed by atoms with Gasteiger partial charge in [0, 0.05) is 19.3 Å². The lowest BCUT2D eigenvalue weighted by molar-refractivity contribution is 0.0458. The smallest absolute Gasteiger partial charge is 0.0950 e. The molecule has 4 heteroatoms. The summed E-state index contributed by atoms with van der Waals surface area (Å²) >= 11 is 0. The second-order valence-corrected chi connectivity index (χ2v) is 5.73. The van der Waals surface area contributed by atoms with Crippen LogP contribution in [0.4, 0.5) is 0 Å². The average Bonchev–Trinajstić information content (AvgIpc) is 2.89. The highest BCUT2D eigenvalue weighted by Crippen LogP contribution is 2.20. The minimum atomic E-state index is 0.366. The van der Waals surface area contributed by atoms with E-state index in [2.05, 4.69) is 41.8 Å². The third-order valence-electron chi connectivity index (χ3n) is 3.28. The topological polar surface area (TPSA) is 39.1 Å². The van der Waals surface area contributed by atoms with Gasteiger partial charge in [-0.25, -0.2) is 4.98 Å². The van der Waals surface area contributed by atoms with Gasteiger partial charge in [0.15, 0.2) is 0 Å². The molecule has 0 spiro atoms. The number of nitrogens with zero attached hydrogens (tertiary/aromatic N) is 2. The molecular weight excluding hydrogens is 226 g/mol. The normalized spacial score (nSPS) is 24.0. The molecule has 1 aromatic heterocycles. The van der Waals surface area contributed by atoms with E-state index in [1.54, 1.807) is 0 Å². The molecule has 1 aliphatic heterocycles. The zero-order chi connectivity index (χ0) is 13.0. The summed E-state index contributed by atoms with van der Waals surface area (Å²) in [4.78, 5) is 4.42. The molecule has 1 N–H and O–H groups in total. The first-order valence-corrected chi connectivity index (χ1v) is 7.00. The molecule has 0 amide bonds. The van der Waals surface area contributed by atoms with E-state index in [9.17, 15) is 0 Å². The first kappa shape index (κ1) is 13.6. The maximum absolute atomic E-state index is 5.82. The third kappa shape index (κ3) is 4.10. The van der Waals surface area contributed by atoms with Crippen molar-refractivity contribution in [3.05, 3.63) is 18.2 Å². The fourth-order valence-electron chi connectivity index (χ4n) is 2.34. The Balaban J connectivity index is 1.75. The molecule has 1 saturated heterocycles. The van der Waals surface area contributed by atoms with Crippen LogP contribution in [0, 0.1) is 5.92 Å². The van der Waals surface area contributed by atoms with Crippen molar-refractivity contribution in [2.24, 2.45) is 5.92 Å². The number of hydrogen-bond donors (Lipinski definition) is 1. The predicted octanol–water partition coefficient (Wildman–Crippen LogP) is 2.20. The molecule has 102 valence electrons. The summed E-state index contributed by atoms with van der Waals surface area (Å²) in [5.74, 6) is 0.681. The van der Waals surface area contributed by atoms with Crippen molar-refractivity contribution < 1.29 is 4.74 Å². The van der Waals surface area contributed by atoms with Gasteiger partial charge >= 0.3 is 0 Å². The Hall–Kier alpha value is -0.870. The maximum atomic E-state index is 5.82. The Kier molecular flexibility index (Phi) is 4.78. The van der Waals surface area contributed by atoms with Crippen LogP contribution in [0.15, 0.2) is 12.5 Å². The van der Waals surface area contributed by atoms with E-state index in [4.69, 9.17) is 4.74 Å². The van der Waals surface area contributed by atoms with E-state index in [1.807, 2.05) is 6.33 Å². The number of ether oxygens (including phenoxy) is 1. The molecule has 1 aromatic rings. The lowest BCUT2D eigenvalue weighted by Crippen LogP contribution is -2.19. The van der Waals surface area contributed by atoms with Gasteiger partial charge in [0.1, 0.15) is 0 Å². The zero-order valence-corrected chi connectivity index (χ0v) is 11.7. The summed E-state index contributed by atoms with van der Waals surface area (Å²) in [6.45, 7) is 9.40. The molecule has 2 atom stereocenters. The van der Waals surface area contributed by atoms with Crippen molar-refractivity contribution >= 4 is 0 Å². The van der Waals surface area contributed by atoms with Gasteiger partial charge in [-0.3, -0.25) is 0 Å². The lowest BCUT2D eigenvalue weighted by Gasteiger charge is -2.11. The largest absolute Gasteiger partial charge is 0.373 e. The average molecular weight is 251 g/mol. The first-order valence-electron chi connectivity index (χ1n) is 7.00. The number of hydrogen-bond acceptors (Lipinski definition) is 3. The Morgan fingerprint density at radius 3 is 3.00 bits per heavy atom. The fraction of sp³-hybridized carbons (Fsp3) is 0.786. The van der Waals surface area contributed by atoms with Crippen LogP contribution in [0.2, 0.25) is 0 Å². The predicted molar refractivity (Wildman–Crippen MR) is 72.3 cm³/mol. The van der Waals surface area contributed by atoms with Gasteiger partial charge in [-0.05, 0) is 32.2 Å². The van der Waals surface area contributed by atoms with Crippen LogP contribution in [0.1, 0.15) is 39.3 Å². The molecule has 0 bridgehead atoms. The van der Waals surface area contributed by atoms with Crippen LogP contribution in [0.25, 0.3) is 0 Å². The maximum Gasteiger partial charge on any atom is 0.0950 e. The Morgan fingerprint density at radius 2 is 2.33 bits per heavy atom. The summed E-state index contributed by atoms with van der Waals surface area (Å²) < 4.78 is 7.97. The molecule has 18 heavy (non-hydrogen) atoms. The summed E-state index contributed by atoms with van der Waals surface area (Å²) in [5, 5.41) is 3.41. The molecule has 4 nitrogen and oxygen atoms in total. The number of nitrogens with one attached hydrogen (secondary N) is 1. The summed E-state index contributed by atoms with van der Waals surface area (Å²) in [6, 6.07) is 0. The van der Waals surface area contributed by atoms with Crippen molar-refractivity contribution in [1.82, 2.24) is 14.9 Å². The van der Waals surface area contributed by atoms with E-state index in [1.165, 1.54) is 12.8 Å². The van der Waals surface area contributed by atoms with Gasteiger partial charge in [0.25, 0.3) is 0 Å². The van der Waals surface area contributed by atoms with E-state index in [0.29, 0.717) is 18.1 Å². The minimum Gasteiger partial charge on any atom is -0.373 e. The van der Waals surface area contributed by atoms with Crippen molar-refractivity contribution in [1.29, 1.82) is 0 Å². The van der Waals surface area contributed by atoms with Gasteiger partial charge < -0.3 is 14.6 Å². The SMILES string of the molecule is CC(C)CNCc1cn(CC2CCC(C)O2)cn1. The van der Waals surface area contributed by atoms with Gasteiger partial charge in [0.2, 0.25) is 0 Å². The molecule has 0 radical (unpaired) electrons. The van der Waals surface area contributed by atoms with Crippen molar-refractivity contribution in [2.45, 2.75) is 58.9 Å². The van der Waals surface area contributed by atoms with Gasteiger partial charge in [-0.15, -0.1) is 0 Å². The highest BCUT2D eigenvalue weighted by Gasteiger charge is 2.21. The van der Waals surface area contributed by atoms with E-state index >= 15 is 0 Å². The van der Waals surface area contributed by atoms with Crippen LogP contribution < -0.4 is 5.32 Å². The molecule has 1 fully saturated rings. The number of rotatable bonds is 6. The monoisotopic (exact) mass is 251 g/mol. The minimum absolute atomic E-state index is 0.366. The van der Waals surface area contributed by atoms with Crippen LogP contribution in [-0.2, 0) is 17.8 Å². The summed E-state index contributed by atoms with van der Waals surface area (Å²) in [6.07, 6.45) is 7.18. The second-order valence-electron chi connectivity index (χ2n) is 5.73. The standard InChI is InChI=1S/C14H25N3O/c1-11(2)6-15-7-13-8-17(10-16-13)9-14-5-4-12(3)18-14/h8,10-12,14-15H,4-7,9H2,1-3H3. The van der Waals surface area contributed by atoms with Crippen LogP contribution >= 0.6 is 0 Å². The number of imidazole rings is 1. The number of aromatic nitrogens is 2. The Morgan fingerprint density at radius 1 is 1.50 bits per heavy atom. The Bertz CT molecular complexity index is 362. The van der Waals surface area contributed by atoms with Gasteiger partial charge in [0.05, 0.1) is 24.2 Å². The van der Waals surface area contributed by atoms with Crippen molar-refractivity contribution in [3.63, 3.8) is 0 Å². The van der Waals surface area contributed by atoms with E-state index in [-0.39, 0.29) is 0 Å². The molecular formula is C14H25N3O. The van der Waals surface area contributed by atoms with E-state index in [0.717, 1.165) is 25.3 Å². The second kappa shape index (κ2) is 6.34. The summed E-state index contributed by atoms with van der Waals surface area (Å²) in [7, 11) is 0. The van der Waals surface area contributed by atoms with Crippen molar-refractivity contribution in [3.8, 4) is 0 Å². The lowest BCUT2D eigenvalue weighted by atomic mass is 10.2. The van der Waals surface area contributed by atoms with Crippen LogP contribution in [0.5, 0.6) is 0 Å². The first-order chi connectivity index (χ1) is 8.63. The van der Waals surface area contributed by atoms with Gasteiger partial charge in [-0.2, -0.15) is 0 Å². The van der Waals surface area contributed by atoms with Crippen molar-refractivity contribution in [2.75, 3.05) is 6.54 Å². The van der Waals surface area contributed by atoms with E-state index < -0.39 is 0 Å². The fourth-order valence-corrected chi connectivity index (χ4v) is 2.34. The molecule has 2 unspecified atom stereocenters.